The molecule has 100 valence electrons. The van der Waals surface area contributed by atoms with Crippen LogP contribution in [-0.2, 0) is 0 Å². The first kappa shape index (κ1) is 13.5. The molecule has 3 rings (SSSR count). The lowest BCUT2D eigenvalue weighted by Gasteiger charge is -2.18. The maximum Gasteiger partial charge on any atom is 0.0758 e. The monoisotopic (exact) mass is 302 g/mol. The zero-order chi connectivity index (χ0) is 14.3. The van der Waals surface area contributed by atoms with Crippen LogP contribution in [0.1, 0.15) is 23.5 Å². The highest BCUT2D eigenvalue weighted by Gasteiger charge is 2.33. The molecule has 0 amide bonds. The minimum absolute atomic E-state index is 0.120. The van der Waals surface area contributed by atoms with Gasteiger partial charge in [0.15, 0.2) is 0 Å². The fourth-order valence-electron chi connectivity index (χ4n) is 2.89. The predicted octanol–water partition coefficient (Wildman–Crippen LogP) is 4.49. The summed E-state index contributed by atoms with van der Waals surface area (Å²) < 4.78 is 0. The second-order valence-electron chi connectivity index (χ2n) is 4.92. The first-order valence-electron chi connectivity index (χ1n) is 6.32. The third-order valence-corrected chi connectivity index (χ3v) is 4.17. The largest absolute Gasteiger partial charge is 0.391 e. The molecule has 0 saturated carbocycles. The van der Waals surface area contributed by atoms with E-state index in [-0.39, 0.29) is 5.92 Å². The molecule has 2 aromatic rings. The van der Waals surface area contributed by atoms with Gasteiger partial charge in [0, 0.05) is 22.4 Å². The Hall–Kier alpha value is -1.46. The molecule has 1 N–H and O–H groups in total. The summed E-state index contributed by atoms with van der Waals surface area (Å²) in [5.41, 5.74) is 4.15. The standard InChI is InChI=1S/C17H12Cl2O/c1-2-3-16(20)17-12-6-4-10(18)8-14(12)15-9-11(19)5-7-13(15)17/h1,4-9,16-17,20H,3H2. The number of hydrogen-bond donors (Lipinski definition) is 1. The van der Waals surface area contributed by atoms with Gasteiger partial charge in [-0.3, -0.25) is 0 Å². The number of aliphatic hydroxyl groups is 1. The molecule has 0 fully saturated rings. The lowest BCUT2D eigenvalue weighted by atomic mass is 9.90. The van der Waals surface area contributed by atoms with Crippen LogP contribution in [-0.4, -0.2) is 11.2 Å². The summed E-state index contributed by atoms with van der Waals surface area (Å²) in [5, 5.41) is 11.7. The van der Waals surface area contributed by atoms with E-state index < -0.39 is 6.10 Å². The summed E-state index contributed by atoms with van der Waals surface area (Å²) in [7, 11) is 0. The minimum Gasteiger partial charge on any atom is -0.391 e. The predicted molar refractivity (Wildman–Crippen MR) is 83.2 cm³/mol. The van der Waals surface area contributed by atoms with E-state index in [1.165, 1.54) is 0 Å². The molecule has 1 atom stereocenters. The second-order valence-corrected chi connectivity index (χ2v) is 5.79. The van der Waals surface area contributed by atoms with Crippen molar-refractivity contribution in [3.63, 3.8) is 0 Å². The van der Waals surface area contributed by atoms with Crippen molar-refractivity contribution in [1.29, 1.82) is 0 Å². The number of halogens is 2. The number of benzene rings is 2. The van der Waals surface area contributed by atoms with E-state index in [1.54, 1.807) is 0 Å². The Morgan fingerprint density at radius 3 is 2.00 bits per heavy atom. The van der Waals surface area contributed by atoms with E-state index in [1.807, 2.05) is 36.4 Å². The van der Waals surface area contributed by atoms with Crippen molar-refractivity contribution in [1.82, 2.24) is 0 Å². The maximum absolute atomic E-state index is 10.4. The van der Waals surface area contributed by atoms with Crippen LogP contribution < -0.4 is 0 Å². The summed E-state index contributed by atoms with van der Waals surface area (Å²) in [5.74, 6) is 2.41. The van der Waals surface area contributed by atoms with Crippen LogP contribution in [0.3, 0.4) is 0 Å². The van der Waals surface area contributed by atoms with Crippen molar-refractivity contribution >= 4 is 23.2 Å². The Balaban J connectivity index is 2.22. The topological polar surface area (TPSA) is 20.2 Å². The second kappa shape index (κ2) is 5.14. The zero-order valence-electron chi connectivity index (χ0n) is 10.6. The van der Waals surface area contributed by atoms with Crippen molar-refractivity contribution in [2.24, 2.45) is 0 Å². The van der Waals surface area contributed by atoms with Gasteiger partial charge in [0.2, 0.25) is 0 Å². The number of rotatable bonds is 2. The van der Waals surface area contributed by atoms with E-state index in [0.29, 0.717) is 16.5 Å². The molecular formula is C17H12Cl2O. The summed E-state index contributed by atoms with van der Waals surface area (Å²) in [6.45, 7) is 0. The van der Waals surface area contributed by atoms with Gasteiger partial charge in [0.1, 0.15) is 0 Å². The van der Waals surface area contributed by atoms with Crippen LogP contribution in [0, 0.1) is 12.3 Å². The fourth-order valence-corrected chi connectivity index (χ4v) is 3.23. The zero-order valence-corrected chi connectivity index (χ0v) is 12.1. The third-order valence-electron chi connectivity index (χ3n) is 3.70. The Labute approximate surface area is 128 Å². The van der Waals surface area contributed by atoms with Crippen molar-refractivity contribution in [2.75, 3.05) is 0 Å². The molecule has 0 bridgehead atoms. The Morgan fingerprint density at radius 1 is 1.05 bits per heavy atom. The molecule has 0 aliphatic heterocycles. The Morgan fingerprint density at radius 2 is 1.55 bits per heavy atom. The Bertz CT molecular complexity index is 664. The highest BCUT2D eigenvalue weighted by atomic mass is 35.5. The third kappa shape index (κ3) is 2.11. The smallest absolute Gasteiger partial charge is 0.0758 e. The van der Waals surface area contributed by atoms with Gasteiger partial charge in [-0.1, -0.05) is 35.3 Å². The van der Waals surface area contributed by atoms with Gasteiger partial charge in [-0.15, -0.1) is 12.3 Å². The first-order chi connectivity index (χ1) is 9.61. The molecule has 0 aromatic heterocycles. The SMILES string of the molecule is C#CCC(O)C1c2ccc(Cl)cc2-c2cc(Cl)ccc21. The van der Waals surface area contributed by atoms with Gasteiger partial charge in [0.25, 0.3) is 0 Å². The molecule has 1 aliphatic rings. The highest BCUT2D eigenvalue weighted by molar-refractivity contribution is 6.31. The average Bonchev–Trinajstić information content (AvgIpc) is 2.72. The molecule has 0 spiro atoms. The number of terminal acetylenes is 1. The van der Waals surface area contributed by atoms with Crippen LogP contribution >= 0.6 is 23.2 Å². The molecule has 0 heterocycles. The van der Waals surface area contributed by atoms with E-state index in [4.69, 9.17) is 29.6 Å². The van der Waals surface area contributed by atoms with Crippen LogP contribution in [0.2, 0.25) is 10.0 Å². The average molecular weight is 303 g/mol. The molecule has 0 saturated heterocycles. The summed E-state index contributed by atoms with van der Waals surface area (Å²) in [6.07, 6.45) is 5.04. The fraction of sp³-hybridized carbons (Fsp3) is 0.176. The van der Waals surface area contributed by atoms with Crippen molar-refractivity contribution < 1.29 is 5.11 Å². The van der Waals surface area contributed by atoms with Crippen LogP contribution in [0.25, 0.3) is 11.1 Å². The lowest BCUT2D eigenvalue weighted by molar-refractivity contribution is 0.163. The Kier molecular flexibility index (Phi) is 3.48. The lowest BCUT2D eigenvalue weighted by Crippen LogP contribution is -2.17. The minimum atomic E-state index is -0.609. The van der Waals surface area contributed by atoms with Gasteiger partial charge in [0.05, 0.1) is 6.10 Å². The normalized spacial score (nSPS) is 14.5. The van der Waals surface area contributed by atoms with Gasteiger partial charge >= 0.3 is 0 Å². The number of aliphatic hydroxyl groups excluding tert-OH is 1. The summed E-state index contributed by atoms with van der Waals surface area (Å²) in [4.78, 5) is 0. The maximum atomic E-state index is 10.4. The van der Waals surface area contributed by atoms with Gasteiger partial charge in [-0.25, -0.2) is 0 Å². The molecule has 3 heteroatoms. The van der Waals surface area contributed by atoms with Crippen LogP contribution in [0.5, 0.6) is 0 Å². The van der Waals surface area contributed by atoms with Gasteiger partial charge < -0.3 is 5.11 Å². The summed E-state index contributed by atoms with van der Waals surface area (Å²) >= 11 is 12.2. The van der Waals surface area contributed by atoms with Crippen molar-refractivity contribution in [2.45, 2.75) is 18.4 Å². The molecular weight excluding hydrogens is 291 g/mol. The molecule has 20 heavy (non-hydrogen) atoms. The first-order valence-corrected chi connectivity index (χ1v) is 7.08. The molecule has 1 nitrogen and oxygen atoms in total. The van der Waals surface area contributed by atoms with E-state index >= 15 is 0 Å². The van der Waals surface area contributed by atoms with Crippen LogP contribution in [0.4, 0.5) is 0 Å². The quantitative estimate of drug-likeness (QED) is 0.810. The molecule has 2 aromatic carbocycles. The molecule has 1 unspecified atom stereocenters. The number of hydrogen-bond acceptors (Lipinski definition) is 1. The number of fused-ring (bicyclic) bond motifs is 3. The van der Waals surface area contributed by atoms with Crippen molar-refractivity contribution in [3.05, 3.63) is 57.6 Å². The van der Waals surface area contributed by atoms with E-state index in [2.05, 4.69) is 5.92 Å². The van der Waals surface area contributed by atoms with Gasteiger partial charge in [-0.2, -0.15) is 0 Å². The molecule has 1 aliphatic carbocycles. The van der Waals surface area contributed by atoms with Crippen LogP contribution in [0.15, 0.2) is 36.4 Å². The van der Waals surface area contributed by atoms with E-state index in [9.17, 15) is 5.11 Å². The van der Waals surface area contributed by atoms with E-state index in [0.717, 1.165) is 22.3 Å². The van der Waals surface area contributed by atoms with Gasteiger partial charge in [-0.05, 0) is 46.5 Å². The summed E-state index contributed by atoms with van der Waals surface area (Å²) in [6, 6.07) is 11.4. The molecule has 0 radical (unpaired) electrons. The van der Waals surface area contributed by atoms with Crippen molar-refractivity contribution in [3.8, 4) is 23.5 Å². The highest BCUT2D eigenvalue weighted by Crippen LogP contribution is 2.48.